The van der Waals surface area contributed by atoms with E-state index >= 15 is 0 Å². The van der Waals surface area contributed by atoms with E-state index < -0.39 is 0 Å². The molecule has 0 aliphatic rings. The van der Waals surface area contributed by atoms with Crippen LogP contribution in [-0.4, -0.2) is 12.5 Å². The first-order valence-corrected chi connectivity index (χ1v) is 7.69. The third-order valence-electron chi connectivity index (χ3n) is 3.42. The van der Waals surface area contributed by atoms with Crippen molar-refractivity contribution in [3.63, 3.8) is 0 Å². The van der Waals surface area contributed by atoms with E-state index in [1.807, 2.05) is 45.0 Å². The van der Waals surface area contributed by atoms with Crippen LogP contribution in [0.2, 0.25) is 5.02 Å². The zero-order valence-electron chi connectivity index (χ0n) is 13.0. The lowest BCUT2D eigenvalue weighted by molar-refractivity contribution is 0.0940. The quantitative estimate of drug-likeness (QED) is 0.879. The number of hydrogen-bond acceptors (Lipinski definition) is 2. The van der Waals surface area contributed by atoms with Gasteiger partial charge in [0, 0.05) is 5.56 Å². The monoisotopic (exact) mass is 317 g/mol. The Bertz CT molecular complexity index is 653. The lowest BCUT2D eigenvalue weighted by Crippen LogP contribution is -2.26. The maximum Gasteiger partial charge on any atom is 0.251 e. The number of ether oxygens (including phenoxy) is 1. The number of nitrogens with one attached hydrogen (secondary N) is 1. The summed E-state index contributed by atoms with van der Waals surface area (Å²) in [6.07, 6.45) is 0. The van der Waals surface area contributed by atoms with Crippen molar-refractivity contribution in [3.8, 4) is 5.75 Å². The van der Waals surface area contributed by atoms with E-state index in [1.54, 1.807) is 18.2 Å². The molecule has 1 amide bonds. The Morgan fingerprint density at radius 1 is 1.23 bits per heavy atom. The van der Waals surface area contributed by atoms with E-state index in [0.29, 0.717) is 22.9 Å². The molecule has 0 unspecified atom stereocenters. The average Bonchev–Trinajstić information content (AvgIpc) is 2.50. The maximum atomic E-state index is 12.3. The van der Waals surface area contributed by atoms with Crippen LogP contribution in [-0.2, 0) is 0 Å². The van der Waals surface area contributed by atoms with Crippen LogP contribution in [0.3, 0.4) is 0 Å². The Morgan fingerprint density at radius 2 is 1.91 bits per heavy atom. The molecule has 2 aromatic rings. The van der Waals surface area contributed by atoms with E-state index in [0.717, 1.165) is 5.56 Å². The topological polar surface area (TPSA) is 38.3 Å². The fraction of sp³-hybridized carbons (Fsp3) is 0.278. The van der Waals surface area contributed by atoms with Crippen molar-refractivity contribution < 1.29 is 9.53 Å². The molecule has 2 rings (SSSR count). The second-order valence-electron chi connectivity index (χ2n) is 5.18. The minimum absolute atomic E-state index is 0.0709. The van der Waals surface area contributed by atoms with Gasteiger partial charge in [0.05, 0.1) is 17.7 Å². The molecule has 0 aromatic heterocycles. The first kappa shape index (κ1) is 16.4. The molecule has 0 spiro atoms. The highest BCUT2D eigenvalue weighted by Gasteiger charge is 2.13. The van der Waals surface area contributed by atoms with Crippen molar-refractivity contribution in [3.05, 3.63) is 64.2 Å². The van der Waals surface area contributed by atoms with Crippen molar-refractivity contribution >= 4 is 17.5 Å². The summed E-state index contributed by atoms with van der Waals surface area (Å²) in [7, 11) is 0. The predicted octanol–water partition coefficient (Wildman–Crippen LogP) is 4.54. The second-order valence-corrected chi connectivity index (χ2v) is 5.59. The van der Waals surface area contributed by atoms with E-state index in [9.17, 15) is 4.79 Å². The Morgan fingerprint density at radius 3 is 2.50 bits per heavy atom. The summed E-state index contributed by atoms with van der Waals surface area (Å²) in [5.41, 5.74) is 2.78. The molecule has 116 valence electrons. The highest BCUT2D eigenvalue weighted by atomic mass is 35.5. The van der Waals surface area contributed by atoms with Gasteiger partial charge in [-0.2, -0.15) is 0 Å². The number of aryl methyl sites for hydroxylation is 1. The van der Waals surface area contributed by atoms with Crippen LogP contribution in [0.1, 0.15) is 41.4 Å². The summed E-state index contributed by atoms with van der Waals surface area (Å²) in [5, 5.41) is 3.41. The molecule has 2 aromatic carbocycles. The molecule has 0 saturated heterocycles. The normalized spacial score (nSPS) is 11.8. The number of halogens is 1. The summed E-state index contributed by atoms with van der Waals surface area (Å²) < 4.78 is 5.37. The summed E-state index contributed by atoms with van der Waals surface area (Å²) in [6, 6.07) is 13.1. The summed E-state index contributed by atoms with van der Waals surface area (Å²) >= 11 is 6.12. The number of benzene rings is 2. The third-order valence-corrected chi connectivity index (χ3v) is 3.71. The number of carbonyl (C=O) groups is 1. The van der Waals surface area contributed by atoms with Gasteiger partial charge in [-0.1, -0.05) is 41.4 Å². The van der Waals surface area contributed by atoms with Gasteiger partial charge in [-0.3, -0.25) is 4.79 Å². The molecule has 22 heavy (non-hydrogen) atoms. The second kappa shape index (κ2) is 7.32. The van der Waals surface area contributed by atoms with Gasteiger partial charge in [0.1, 0.15) is 5.75 Å². The van der Waals surface area contributed by atoms with Crippen LogP contribution in [0, 0.1) is 6.92 Å². The van der Waals surface area contributed by atoms with Gasteiger partial charge >= 0.3 is 0 Å². The van der Waals surface area contributed by atoms with Crippen molar-refractivity contribution in [1.82, 2.24) is 5.32 Å². The van der Waals surface area contributed by atoms with Gasteiger partial charge in [-0.05, 0) is 44.5 Å². The minimum atomic E-state index is -0.155. The van der Waals surface area contributed by atoms with Crippen LogP contribution in [0.5, 0.6) is 5.75 Å². The summed E-state index contributed by atoms with van der Waals surface area (Å²) in [4.78, 5) is 12.3. The van der Waals surface area contributed by atoms with Gasteiger partial charge in [0.15, 0.2) is 0 Å². The highest BCUT2D eigenvalue weighted by molar-refractivity contribution is 6.32. The smallest absolute Gasteiger partial charge is 0.251 e. The van der Waals surface area contributed by atoms with Crippen LogP contribution in [0.25, 0.3) is 0 Å². The first-order chi connectivity index (χ1) is 10.5. The van der Waals surface area contributed by atoms with Crippen LogP contribution in [0.15, 0.2) is 42.5 Å². The van der Waals surface area contributed by atoms with Gasteiger partial charge in [-0.15, -0.1) is 0 Å². The third kappa shape index (κ3) is 4.01. The Kier molecular flexibility index (Phi) is 5.45. The molecule has 0 bridgehead atoms. The van der Waals surface area contributed by atoms with Crippen LogP contribution in [0.4, 0.5) is 0 Å². The lowest BCUT2D eigenvalue weighted by Gasteiger charge is -2.15. The molecule has 1 N–H and O–H groups in total. The number of hydrogen-bond donors (Lipinski definition) is 1. The van der Waals surface area contributed by atoms with Crippen molar-refractivity contribution in [2.45, 2.75) is 26.8 Å². The Balaban J connectivity index is 2.08. The molecule has 0 aliphatic carbocycles. The van der Waals surface area contributed by atoms with Gasteiger partial charge in [0.25, 0.3) is 5.91 Å². The van der Waals surface area contributed by atoms with E-state index in [1.165, 1.54) is 5.56 Å². The summed E-state index contributed by atoms with van der Waals surface area (Å²) in [5.74, 6) is 0.435. The largest absolute Gasteiger partial charge is 0.492 e. The molecule has 1 atom stereocenters. The summed E-state index contributed by atoms with van der Waals surface area (Å²) in [6.45, 7) is 6.42. The lowest BCUT2D eigenvalue weighted by atomic mass is 10.1. The van der Waals surface area contributed by atoms with Crippen LogP contribution < -0.4 is 10.1 Å². The van der Waals surface area contributed by atoms with Gasteiger partial charge in [-0.25, -0.2) is 0 Å². The molecular weight excluding hydrogens is 298 g/mol. The van der Waals surface area contributed by atoms with Crippen molar-refractivity contribution in [1.29, 1.82) is 0 Å². The molecule has 0 fully saturated rings. The fourth-order valence-electron chi connectivity index (χ4n) is 2.13. The van der Waals surface area contributed by atoms with E-state index in [-0.39, 0.29) is 11.9 Å². The fourth-order valence-corrected chi connectivity index (χ4v) is 2.37. The SMILES string of the molecule is CCOc1ccc(C(=O)N[C@H](C)c2ccc(C)cc2)cc1Cl. The van der Waals surface area contributed by atoms with Gasteiger partial charge in [0.2, 0.25) is 0 Å². The van der Waals surface area contributed by atoms with E-state index in [2.05, 4.69) is 5.32 Å². The Hall–Kier alpha value is -2.00. The first-order valence-electron chi connectivity index (χ1n) is 7.31. The molecule has 0 radical (unpaired) electrons. The molecule has 0 saturated carbocycles. The minimum Gasteiger partial charge on any atom is -0.492 e. The zero-order chi connectivity index (χ0) is 16.1. The van der Waals surface area contributed by atoms with Crippen molar-refractivity contribution in [2.24, 2.45) is 0 Å². The Labute approximate surface area is 136 Å². The van der Waals surface area contributed by atoms with Crippen LogP contribution >= 0.6 is 11.6 Å². The number of amides is 1. The highest BCUT2D eigenvalue weighted by Crippen LogP contribution is 2.25. The molecule has 4 heteroatoms. The molecule has 3 nitrogen and oxygen atoms in total. The maximum absolute atomic E-state index is 12.3. The zero-order valence-corrected chi connectivity index (χ0v) is 13.8. The van der Waals surface area contributed by atoms with E-state index in [4.69, 9.17) is 16.3 Å². The van der Waals surface area contributed by atoms with Crippen molar-refractivity contribution in [2.75, 3.05) is 6.61 Å². The standard InChI is InChI=1S/C18H20ClNO2/c1-4-22-17-10-9-15(11-16(17)19)18(21)20-13(3)14-7-5-12(2)6-8-14/h5-11,13H,4H2,1-3H3,(H,20,21)/t13-/m1/s1. The predicted molar refractivity (Wildman–Crippen MR) is 89.7 cm³/mol. The molecule has 0 heterocycles. The number of rotatable bonds is 5. The number of carbonyl (C=O) groups excluding carboxylic acids is 1. The molecule has 0 aliphatic heterocycles. The molecular formula is C18H20ClNO2. The average molecular weight is 318 g/mol. The van der Waals surface area contributed by atoms with Gasteiger partial charge < -0.3 is 10.1 Å².